The van der Waals surface area contributed by atoms with Gasteiger partial charge in [0, 0.05) is 41.4 Å². The Kier molecular flexibility index (Phi) is 7.75. The Bertz CT molecular complexity index is 1390. The van der Waals surface area contributed by atoms with E-state index in [4.69, 9.17) is 28.2 Å². The highest BCUT2D eigenvalue weighted by Crippen LogP contribution is 2.42. The number of nitrogens with zero attached hydrogens (tertiary/aromatic N) is 2. The van der Waals surface area contributed by atoms with Crippen molar-refractivity contribution in [1.29, 1.82) is 0 Å². The number of rotatable bonds is 7. The van der Waals surface area contributed by atoms with Crippen molar-refractivity contribution in [2.45, 2.75) is 25.7 Å². The minimum Gasteiger partial charge on any atom is -0.478 e. The van der Waals surface area contributed by atoms with Crippen molar-refractivity contribution in [3.8, 4) is 0 Å². The number of aromatic carboxylic acids is 1. The number of aromatic nitrogens is 1. The van der Waals surface area contributed by atoms with Gasteiger partial charge in [-0.2, -0.15) is 0 Å². The van der Waals surface area contributed by atoms with Gasteiger partial charge < -0.3 is 5.11 Å². The number of fused-ring (bicyclic) bond motifs is 1. The number of hydrogen-bond donors (Lipinski definition) is 1. The van der Waals surface area contributed by atoms with Gasteiger partial charge in [0.05, 0.1) is 17.9 Å². The van der Waals surface area contributed by atoms with E-state index < -0.39 is 5.97 Å². The Morgan fingerprint density at radius 1 is 1.05 bits per heavy atom. The maximum atomic E-state index is 12.4. The van der Waals surface area contributed by atoms with Crippen molar-refractivity contribution < 1.29 is 14.3 Å². The molecule has 190 valence electrons. The van der Waals surface area contributed by atoms with Crippen LogP contribution < -0.4 is 0 Å². The lowest BCUT2D eigenvalue weighted by atomic mass is 9.89. The summed E-state index contributed by atoms with van der Waals surface area (Å²) < 4.78 is 12.4. The Morgan fingerprint density at radius 3 is 2.57 bits per heavy atom. The van der Waals surface area contributed by atoms with E-state index in [1.807, 2.05) is 30.5 Å². The van der Waals surface area contributed by atoms with Crippen LogP contribution in [0.2, 0.25) is 10.0 Å². The molecule has 1 saturated heterocycles. The molecule has 0 spiro atoms. The highest BCUT2D eigenvalue weighted by molar-refractivity contribution is 6.36. The van der Waals surface area contributed by atoms with E-state index in [1.54, 1.807) is 18.2 Å². The summed E-state index contributed by atoms with van der Waals surface area (Å²) in [4.78, 5) is 18.7. The first-order valence-electron chi connectivity index (χ1n) is 12.4. The molecule has 3 aromatic rings. The quantitative estimate of drug-likeness (QED) is 0.340. The second-order valence-corrected chi connectivity index (χ2v) is 10.4. The minimum atomic E-state index is -0.937. The van der Waals surface area contributed by atoms with Crippen LogP contribution in [0, 0.1) is 0 Å². The molecular formula is C30H27Cl2FN2O2. The molecule has 1 aliphatic carbocycles. The number of carboxylic acids is 1. The zero-order valence-electron chi connectivity index (χ0n) is 20.3. The van der Waals surface area contributed by atoms with Crippen LogP contribution >= 0.6 is 23.2 Å². The van der Waals surface area contributed by atoms with Gasteiger partial charge >= 0.3 is 5.97 Å². The predicted molar refractivity (Wildman–Crippen MR) is 148 cm³/mol. The lowest BCUT2D eigenvalue weighted by molar-refractivity contribution is 0.0696. The zero-order valence-corrected chi connectivity index (χ0v) is 21.8. The minimum absolute atomic E-state index is 0.277. The Morgan fingerprint density at radius 2 is 1.86 bits per heavy atom. The molecule has 0 saturated carbocycles. The van der Waals surface area contributed by atoms with Crippen LogP contribution in [0.15, 0.2) is 60.3 Å². The highest BCUT2D eigenvalue weighted by Gasteiger charge is 2.24. The van der Waals surface area contributed by atoms with Gasteiger partial charge in [-0.25, -0.2) is 4.79 Å². The molecule has 0 radical (unpaired) electrons. The molecule has 1 fully saturated rings. The maximum absolute atomic E-state index is 12.4. The third kappa shape index (κ3) is 5.64. The van der Waals surface area contributed by atoms with E-state index in [9.17, 15) is 14.3 Å². The molecule has 2 heterocycles. The van der Waals surface area contributed by atoms with Crippen molar-refractivity contribution in [3.63, 3.8) is 0 Å². The van der Waals surface area contributed by atoms with Gasteiger partial charge in [-0.15, -0.1) is 0 Å². The zero-order chi connectivity index (χ0) is 25.9. The molecule has 2 aliphatic rings. The smallest absolute Gasteiger partial charge is 0.335 e. The summed E-state index contributed by atoms with van der Waals surface area (Å²) in [5.74, 6) is -0.937. The van der Waals surface area contributed by atoms with Crippen molar-refractivity contribution in [3.05, 3.63) is 104 Å². The van der Waals surface area contributed by atoms with Crippen molar-refractivity contribution in [2.75, 3.05) is 26.3 Å². The fraction of sp³-hybridized carbons (Fsp3) is 0.267. The number of benzene rings is 2. The molecule has 7 heteroatoms. The highest BCUT2D eigenvalue weighted by atomic mass is 35.5. The van der Waals surface area contributed by atoms with Gasteiger partial charge in [0.25, 0.3) is 0 Å². The van der Waals surface area contributed by atoms with Crippen LogP contribution in [0.5, 0.6) is 0 Å². The number of allylic oxidation sites excluding steroid dienone is 1. The summed E-state index contributed by atoms with van der Waals surface area (Å²) >= 11 is 12.8. The fourth-order valence-electron chi connectivity index (χ4n) is 5.15. The van der Waals surface area contributed by atoms with E-state index in [1.165, 1.54) is 5.57 Å². The molecule has 1 aromatic heterocycles. The normalized spacial score (nSPS) is 15.7. The van der Waals surface area contributed by atoms with Gasteiger partial charge in [0.2, 0.25) is 0 Å². The second-order valence-electron chi connectivity index (χ2n) is 9.54. The van der Waals surface area contributed by atoms with Crippen molar-refractivity contribution in [1.82, 2.24) is 9.88 Å². The predicted octanol–water partition coefficient (Wildman–Crippen LogP) is 7.44. The van der Waals surface area contributed by atoms with E-state index in [0.717, 1.165) is 78.0 Å². The molecule has 0 unspecified atom stereocenters. The Hall–Kier alpha value is -2.99. The van der Waals surface area contributed by atoms with Gasteiger partial charge in [0.15, 0.2) is 0 Å². The summed E-state index contributed by atoms with van der Waals surface area (Å²) in [6.07, 6.45) is 6.99. The van der Waals surface area contributed by atoms with E-state index in [0.29, 0.717) is 16.5 Å². The largest absolute Gasteiger partial charge is 0.478 e. The van der Waals surface area contributed by atoms with Crippen LogP contribution in [0.3, 0.4) is 0 Å². The van der Waals surface area contributed by atoms with Gasteiger partial charge in [-0.05, 0) is 89.4 Å². The monoisotopic (exact) mass is 536 g/mol. The summed E-state index contributed by atoms with van der Waals surface area (Å²) in [6.45, 7) is 2.25. The topological polar surface area (TPSA) is 53.4 Å². The number of halogens is 3. The molecule has 37 heavy (non-hydrogen) atoms. The van der Waals surface area contributed by atoms with Crippen LogP contribution in [0.25, 0.3) is 17.2 Å². The van der Waals surface area contributed by atoms with E-state index in [2.05, 4.69) is 17.0 Å². The van der Waals surface area contributed by atoms with E-state index >= 15 is 0 Å². The average molecular weight is 537 g/mol. The average Bonchev–Trinajstić information content (AvgIpc) is 3.04. The third-order valence-electron chi connectivity index (χ3n) is 6.93. The molecule has 1 N–H and O–H groups in total. The lowest BCUT2D eigenvalue weighted by Crippen LogP contribution is -2.40. The van der Waals surface area contributed by atoms with Crippen LogP contribution in [0.1, 0.15) is 57.6 Å². The summed E-state index contributed by atoms with van der Waals surface area (Å²) in [7, 11) is 0. The number of pyridine rings is 1. The Labute approximate surface area is 226 Å². The molecule has 1 aliphatic heterocycles. The number of carbonyl (C=O) groups is 1. The number of alkyl halides is 1. The van der Waals surface area contributed by atoms with Crippen molar-refractivity contribution in [2.24, 2.45) is 0 Å². The maximum Gasteiger partial charge on any atom is 0.335 e. The van der Waals surface area contributed by atoms with E-state index in [-0.39, 0.29) is 12.2 Å². The standard InChI is InChI=1S/C30H27Cl2FN2O2/c31-23-7-9-25(27(32)15-23)26-4-1-3-21-14-22(30(36)37)6-8-24(21)29(26)28-10-5-19(16-34-28)13-20-17-35(18-20)12-2-11-33/h5-10,13-16H,1-4,11-12,17-18H2,(H,36,37). The summed E-state index contributed by atoms with van der Waals surface area (Å²) in [5, 5.41) is 10.7. The first-order chi connectivity index (χ1) is 17.9. The molecule has 0 bridgehead atoms. The van der Waals surface area contributed by atoms with Crippen LogP contribution in [0.4, 0.5) is 4.39 Å². The number of hydrogen-bond acceptors (Lipinski definition) is 3. The van der Waals surface area contributed by atoms with Crippen LogP contribution in [-0.4, -0.2) is 47.3 Å². The SMILES string of the molecule is O=C(O)c1ccc2c(c1)CCCC(c1ccc(Cl)cc1Cl)=C2c1ccc(C=C2CN(CCCF)C2)cn1. The molecular weight excluding hydrogens is 510 g/mol. The summed E-state index contributed by atoms with van der Waals surface area (Å²) in [5.41, 5.74) is 8.34. The van der Waals surface area contributed by atoms with Gasteiger partial charge in [0.1, 0.15) is 0 Å². The number of aryl methyl sites for hydroxylation is 1. The number of likely N-dealkylation sites (tertiary alicyclic amines) is 1. The first kappa shape index (κ1) is 25.7. The third-order valence-corrected chi connectivity index (χ3v) is 7.47. The van der Waals surface area contributed by atoms with Crippen molar-refractivity contribution >= 4 is 46.4 Å². The molecule has 0 atom stereocenters. The Balaban J connectivity index is 1.55. The second kappa shape index (κ2) is 11.2. The molecule has 5 rings (SSSR count). The lowest BCUT2D eigenvalue weighted by Gasteiger charge is -2.33. The molecule has 4 nitrogen and oxygen atoms in total. The van der Waals surface area contributed by atoms with Crippen LogP contribution in [-0.2, 0) is 6.42 Å². The fourth-order valence-corrected chi connectivity index (χ4v) is 5.67. The van der Waals surface area contributed by atoms with Gasteiger partial charge in [-0.3, -0.25) is 14.3 Å². The number of carboxylic acid groups (broad SMARTS) is 1. The van der Waals surface area contributed by atoms with Gasteiger partial charge in [-0.1, -0.05) is 47.5 Å². The first-order valence-corrected chi connectivity index (χ1v) is 13.2. The molecule has 0 amide bonds. The summed E-state index contributed by atoms with van der Waals surface area (Å²) in [6, 6.07) is 14.9. The molecule has 2 aromatic carbocycles.